The van der Waals surface area contributed by atoms with Crippen molar-refractivity contribution in [3.8, 4) is 0 Å². The Balaban J connectivity index is 1.97. The van der Waals surface area contributed by atoms with Crippen LogP contribution in [0.2, 0.25) is 0 Å². The second-order valence-corrected chi connectivity index (χ2v) is 6.05. The van der Waals surface area contributed by atoms with Crippen molar-refractivity contribution in [1.82, 2.24) is 0 Å². The van der Waals surface area contributed by atoms with Gasteiger partial charge in [0.1, 0.15) is 5.69 Å². The molecule has 2 fully saturated rings. The van der Waals surface area contributed by atoms with Crippen LogP contribution in [-0.2, 0) is 4.74 Å². The van der Waals surface area contributed by atoms with E-state index in [9.17, 15) is 14.5 Å². The summed E-state index contributed by atoms with van der Waals surface area (Å²) in [5, 5.41) is 11.3. The van der Waals surface area contributed by atoms with E-state index in [-0.39, 0.29) is 5.69 Å². The van der Waals surface area contributed by atoms with Gasteiger partial charge in [-0.05, 0) is 18.9 Å². The average Bonchev–Trinajstić information content (AvgIpc) is 2.84. The SMILES string of the molecule is O=[N+]([O-])c1cc(F)c(N2CCCCCC2)cc1N1CCOCC1. The highest BCUT2D eigenvalue weighted by atomic mass is 19.1. The van der Waals surface area contributed by atoms with E-state index in [1.165, 1.54) is 0 Å². The first-order chi connectivity index (χ1) is 11.2. The van der Waals surface area contributed by atoms with Crippen LogP contribution in [0.4, 0.5) is 21.5 Å². The lowest BCUT2D eigenvalue weighted by molar-refractivity contribution is -0.384. The predicted molar refractivity (Wildman–Crippen MR) is 86.8 cm³/mol. The average molecular weight is 323 g/mol. The third-order valence-corrected chi connectivity index (χ3v) is 4.54. The lowest BCUT2D eigenvalue weighted by Gasteiger charge is -2.30. The Morgan fingerprint density at radius 2 is 1.57 bits per heavy atom. The maximum absolute atomic E-state index is 14.5. The standard InChI is InChI=1S/C16H22FN3O3/c17-13-11-16(20(21)22)15(19-7-9-23-10-8-19)12-14(13)18-5-3-1-2-4-6-18/h11-12H,1-10H2. The molecule has 2 aliphatic heterocycles. The number of nitro benzene ring substituents is 1. The van der Waals surface area contributed by atoms with E-state index in [2.05, 4.69) is 0 Å². The molecule has 7 heteroatoms. The molecule has 23 heavy (non-hydrogen) atoms. The predicted octanol–water partition coefficient (Wildman–Crippen LogP) is 2.95. The molecule has 2 heterocycles. The zero-order valence-corrected chi connectivity index (χ0v) is 13.2. The Morgan fingerprint density at radius 1 is 0.957 bits per heavy atom. The van der Waals surface area contributed by atoms with Gasteiger partial charge in [-0.2, -0.15) is 0 Å². The molecule has 0 unspecified atom stereocenters. The Hall–Kier alpha value is -1.89. The van der Waals surface area contributed by atoms with Crippen molar-refractivity contribution in [3.05, 3.63) is 28.1 Å². The highest BCUT2D eigenvalue weighted by molar-refractivity contribution is 5.71. The molecule has 0 aromatic heterocycles. The molecule has 1 aromatic rings. The molecule has 6 nitrogen and oxygen atoms in total. The Morgan fingerprint density at radius 3 is 2.17 bits per heavy atom. The minimum atomic E-state index is -0.504. The van der Waals surface area contributed by atoms with Gasteiger partial charge in [-0.3, -0.25) is 10.1 Å². The number of hydrogen-bond donors (Lipinski definition) is 0. The van der Waals surface area contributed by atoms with E-state index in [1.54, 1.807) is 6.07 Å². The Kier molecular flexibility index (Phi) is 4.95. The summed E-state index contributed by atoms with van der Waals surface area (Å²) < 4.78 is 19.8. The van der Waals surface area contributed by atoms with Gasteiger partial charge < -0.3 is 14.5 Å². The second kappa shape index (κ2) is 7.12. The van der Waals surface area contributed by atoms with Gasteiger partial charge in [-0.25, -0.2) is 4.39 Å². The van der Waals surface area contributed by atoms with Crippen LogP contribution >= 0.6 is 0 Å². The van der Waals surface area contributed by atoms with Crippen LogP contribution in [0.5, 0.6) is 0 Å². The zero-order valence-electron chi connectivity index (χ0n) is 13.2. The number of nitro groups is 1. The molecule has 0 aliphatic carbocycles. The number of benzene rings is 1. The lowest BCUT2D eigenvalue weighted by atomic mass is 10.1. The summed E-state index contributed by atoms with van der Waals surface area (Å²) in [7, 11) is 0. The fraction of sp³-hybridized carbons (Fsp3) is 0.625. The van der Waals surface area contributed by atoms with Crippen LogP contribution in [0.1, 0.15) is 25.7 Å². The first kappa shape index (κ1) is 16.0. The van der Waals surface area contributed by atoms with E-state index < -0.39 is 10.7 Å². The van der Waals surface area contributed by atoms with Crippen molar-refractivity contribution in [2.45, 2.75) is 25.7 Å². The molecule has 0 bridgehead atoms. The molecule has 0 amide bonds. The summed E-state index contributed by atoms with van der Waals surface area (Å²) in [6, 6.07) is 2.73. The van der Waals surface area contributed by atoms with E-state index in [0.717, 1.165) is 44.8 Å². The number of nitrogens with zero attached hydrogens (tertiary/aromatic N) is 3. The Labute approximate surface area is 135 Å². The van der Waals surface area contributed by atoms with Crippen LogP contribution in [0.15, 0.2) is 12.1 Å². The summed E-state index contributed by atoms with van der Waals surface area (Å²) in [5.41, 5.74) is 0.820. The van der Waals surface area contributed by atoms with Gasteiger partial charge in [0.15, 0.2) is 5.82 Å². The van der Waals surface area contributed by atoms with Crippen molar-refractivity contribution in [2.24, 2.45) is 0 Å². The van der Waals surface area contributed by atoms with E-state index in [1.807, 2.05) is 9.80 Å². The molecule has 0 spiro atoms. The van der Waals surface area contributed by atoms with Gasteiger partial charge in [0, 0.05) is 26.2 Å². The minimum Gasteiger partial charge on any atom is -0.378 e. The molecule has 0 saturated carbocycles. The van der Waals surface area contributed by atoms with Crippen molar-refractivity contribution in [2.75, 3.05) is 49.2 Å². The summed E-state index contributed by atoms with van der Waals surface area (Å²) in [5.74, 6) is -0.504. The van der Waals surface area contributed by atoms with Crippen LogP contribution in [0.3, 0.4) is 0 Å². The molecule has 2 aliphatic rings. The third kappa shape index (κ3) is 3.55. The third-order valence-electron chi connectivity index (χ3n) is 4.54. The molecule has 0 N–H and O–H groups in total. The van der Waals surface area contributed by atoms with Crippen molar-refractivity contribution < 1.29 is 14.1 Å². The summed E-state index contributed by atoms with van der Waals surface area (Å²) in [6.45, 7) is 3.85. The number of hydrogen-bond acceptors (Lipinski definition) is 5. The molecule has 0 radical (unpaired) electrons. The van der Waals surface area contributed by atoms with Gasteiger partial charge in [-0.15, -0.1) is 0 Å². The number of halogens is 1. The normalized spacial score (nSPS) is 19.5. The van der Waals surface area contributed by atoms with Crippen molar-refractivity contribution in [1.29, 1.82) is 0 Å². The first-order valence-electron chi connectivity index (χ1n) is 8.22. The van der Waals surface area contributed by atoms with Gasteiger partial charge in [0.25, 0.3) is 5.69 Å². The van der Waals surface area contributed by atoms with Crippen molar-refractivity contribution in [3.63, 3.8) is 0 Å². The van der Waals surface area contributed by atoms with Gasteiger partial charge in [0.2, 0.25) is 0 Å². The molecule has 1 aromatic carbocycles. The highest BCUT2D eigenvalue weighted by Gasteiger charge is 2.26. The number of morpholine rings is 1. The maximum Gasteiger partial charge on any atom is 0.295 e. The molecule has 3 rings (SSSR count). The minimum absolute atomic E-state index is 0.164. The van der Waals surface area contributed by atoms with Crippen LogP contribution in [0, 0.1) is 15.9 Å². The largest absolute Gasteiger partial charge is 0.378 e. The van der Waals surface area contributed by atoms with E-state index >= 15 is 0 Å². The zero-order chi connectivity index (χ0) is 16.2. The van der Waals surface area contributed by atoms with Crippen LogP contribution in [0.25, 0.3) is 0 Å². The summed E-state index contributed by atoms with van der Waals surface area (Å²) in [4.78, 5) is 14.8. The van der Waals surface area contributed by atoms with Crippen molar-refractivity contribution >= 4 is 17.1 Å². The monoisotopic (exact) mass is 323 g/mol. The van der Waals surface area contributed by atoms with Crippen LogP contribution < -0.4 is 9.80 Å². The second-order valence-electron chi connectivity index (χ2n) is 6.05. The van der Waals surface area contributed by atoms with E-state index in [0.29, 0.717) is 37.7 Å². The molecular formula is C16H22FN3O3. The molecule has 126 valence electrons. The Bertz CT molecular complexity index is 568. The quantitative estimate of drug-likeness (QED) is 0.632. The van der Waals surface area contributed by atoms with Gasteiger partial charge in [0.05, 0.1) is 29.9 Å². The lowest BCUT2D eigenvalue weighted by Crippen LogP contribution is -2.37. The summed E-state index contributed by atoms with van der Waals surface area (Å²) >= 11 is 0. The molecular weight excluding hydrogens is 301 g/mol. The highest BCUT2D eigenvalue weighted by Crippen LogP contribution is 2.36. The maximum atomic E-state index is 14.5. The van der Waals surface area contributed by atoms with Gasteiger partial charge in [-0.1, -0.05) is 12.8 Å². The topological polar surface area (TPSA) is 58.9 Å². The molecule has 0 atom stereocenters. The fourth-order valence-electron chi connectivity index (χ4n) is 3.30. The van der Waals surface area contributed by atoms with E-state index in [4.69, 9.17) is 4.74 Å². The fourth-order valence-corrected chi connectivity index (χ4v) is 3.30. The van der Waals surface area contributed by atoms with Gasteiger partial charge >= 0.3 is 0 Å². The molecule has 2 saturated heterocycles. The number of ether oxygens (including phenoxy) is 1. The number of anilines is 2. The van der Waals surface area contributed by atoms with Crippen LogP contribution in [-0.4, -0.2) is 44.3 Å². The smallest absolute Gasteiger partial charge is 0.295 e. The first-order valence-corrected chi connectivity index (χ1v) is 8.22. The summed E-state index contributed by atoms with van der Waals surface area (Å²) in [6.07, 6.45) is 4.37. The number of rotatable bonds is 3.